The highest BCUT2D eigenvalue weighted by molar-refractivity contribution is 8.27. The van der Waals surface area contributed by atoms with Crippen molar-refractivity contribution < 1.29 is 4.79 Å². The summed E-state index contributed by atoms with van der Waals surface area (Å²) < 4.78 is 0.468. The summed E-state index contributed by atoms with van der Waals surface area (Å²) in [6.45, 7) is 0. The van der Waals surface area contributed by atoms with Crippen LogP contribution in [0, 0.1) is 0 Å². The zero-order valence-corrected chi connectivity index (χ0v) is 13.1. The van der Waals surface area contributed by atoms with Gasteiger partial charge in [-0.3, -0.25) is 14.7 Å². The van der Waals surface area contributed by atoms with E-state index in [9.17, 15) is 4.79 Å². The second kappa shape index (κ2) is 5.97. The normalized spacial score (nSPS) is 16.8. The van der Waals surface area contributed by atoms with Crippen molar-refractivity contribution in [2.75, 3.05) is 4.90 Å². The fourth-order valence-electron chi connectivity index (χ4n) is 1.90. The first-order valence-electron chi connectivity index (χ1n) is 6.10. The van der Waals surface area contributed by atoms with Crippen molar-refractivity contribution in [3.8, 4) is 0 Å². The van der Waals surface area contributed by atoms with Crippen LogP contribution in [0.15, 0.2) is 53.6 Å². The third-order valence-corrected chi connectivity index (χ3v) is 4.48. The average molecular weight is 333 g/mol. The summed E-state index contributed by atoms with van der Waals surface area (Å²) in [5.74, 6) is -0.177. The number of para-hydroxylation sites is 1. The maximum absolute atomic E-state index is 12.5. The molecular weight excluding hydrogens is 324 g/mol. The zero-order chi connectivity index (χ0) is 14.8. The number of carbonyl (C=O) groups is 1. The number of nitrogens with zero attached hydrogens (tertiary/aromatic N) is 2. The standard InChI is InChI=1S/C15H9ClN2OS2/c16-11-6-1-2-7-12(11)18-14(19)13(21-15(18)20)9-10-5-3-4-8-17-10/h1-9H/b13-9+. The molecule has 0 saturated carbocycles. The Kier molecular flexibility index (Phi) is 4.05. The first kappa shape index (κ1) is 14.3. The largest absolute Gasteiger partial charge is 0.270 e. The molecule has 1 amide bonds. The molecule has 0 radical (unpaired) electrons. The number of benzene rings is 1. The number of hydrogen-bond acceptors (Lipinski definition) is 4. The molecule has 0 atom stereocenters. The van der Waals surface area contributed by atoms with E-state index in [-0.39, 0.29) is 5.91 Å². The number of thioether (sulfide) groups is 1. The fraction of sp³-hybridized carbons (Fsp3) is 0. The maximum atomic E-state index is 12.5. The second-order valence-corrected chi connectivity index (χ2v) is 6.31. The van der Waals surface area contributed by atoms with Crippen LogP contribution in [-0.4, -0.2) is 15.2 Å². The van der Waals surface area contributed by atoms with Crippen LogP contribution >= 0.6 is 35.6 Å². The minimum Gasteiger partial charge on any atom is -0.268 e. The highest BCUT2D eigenvalue weighted by Crippen LogP contribution is 2.38. The summed E-state index contributed by atoms with van der Waals surface area (Å²) in [5, 5.41) is 0.493. The van der Waals surface area contributed by atoms with Crippen molar-refractivity contribution in [3.05, 3.63) is 64.3 Å². The van der Waals surface area contributed by atoms with E-state index >= 15 is 0 Å². The molecule has 21 heavy (non-hydrogen) atoms. The SMILES string of the molecule is O=C1/C(=C\c2ccccn2)SC(=S)N1c1ccccc1Cl. The molecule has 1 aromatic heterocycles. The summed E-state index contributed by atoms with van der Waals surface area (Å²) in [6, 6.07) is 12.7. The highest BCUT2D eigenvalue weighted by Gasteiger charge is 2.34. The van der Waals surface area contributed by atoms with E-state index in [1.807, 2.05) is 30.3 Å². The van der Waals surface area contributed by atoms with Crippen molar-refractivity contribution in [1.29, 1.82) is 0 Å². The molecule has 3 nitrogen and oxygen atoms in total. The zero-order valence-electron chi connectivity index (χ0n) is 10.7. The van der Waals surface area contributed by atoms with Crippen molar-refractivity contribution in [3.63, 3.8) is 0 Å². The summed E-state index contributed by atoms with van der Waals surface area (Å²) >= 11 is 12.7. The molecule has 0 spiro atoms. The van der Waals surface area contributed by atoms with Gasteiger partial charge >= 0.3 is 0 Å². The number of carbonyl (C=O) groups excluding carboxylic acids is 1. The van der Waals surface area contributed by atoms with Gasteiger partial charge in [0.25, 0.3) is 5.91 Å². The Hall–Kier alpha value is -1.69. The Morgan fingerprint density at radius 2 is 1.95 bits per heavy atom. The van der Waals surface area contributed by atoms with Crippen LogP contribution in [0.2, 0.25) is 5.02 Å². The molecule has 1 fully saturated rings. The molecule has 104 valence electrons. The maximum Gasteiger partial charge on any atom is 0.270 e. The topological polar surface area (TPSA) is 33.2 Å². The van der Waals surface area contributed by atoms with Gasteiger partial charge in [-0.2, -0.15) is 0 Å². The molecule has 0 aliphatic carbocycles. The smallest absolute Gasteiger partial charge is 0.268 e. The van der Waals surface area contributed by atoms with Gasteiger partial charge in [-0.25, -0.2) is 0 Å². The quantitative estimate of drug-likeness (QED) is 0.611. The predicted molar refractivity (Wildman–Crippen MR) is 91.3 cm³/mol. The summed E-state index contributed by atoms with van der Waals surface area (Å²) in [7, 11) is 0. The molecule has 1 aliphatic rings. The number of rotatable bonds is 2. The molecule has 1 aliphatic heterocycles. The van der Waals surface area contributed by atoms with Gasteiger partial charge < -0.3 is 0 Å². The summed E-state index contributed by atoms with van der Waals surface area (Å²) in [5.41, 5.74) is 1.32. The van der Waals surface area contributed by atoms with Gasteiger partial charge in [-0.1, -0.05) is 53.8 Å². The minimum absolute atomic E-state index is 0.177. The summed E-state index contributed by atoms with van der Waals surface area (Å²) in [4.78, 5) is 18.7. The molecule has 1 aromatic carbocycles. The van der Waals surface area contributed by atoms with E-state index < -0.39 is 0 Å². The van der Waals surface area contributed by atoms with Gasteiger partial charge in [0.15, 0.2) is 4.32 Å². The Balaban J connectivity index is 1.97. The number of hydrogen-bond donors (Lipinski definition) is 0. The van der Waals surface area contributed by atoms with Crippen molar-refractivity contribution >= 4 is 57.6 Å². The van der Waals surface area contributed by atoms with Crippen LogP contribution in [0.3, 0.4) is 0 Å². The van der Waals surface area contributed by atoms with E-state index in [1.54, 1.807) is 24.4 Å². The molecule has 0 N–H and O–H groups in total. The summed E-state index contributed by atoms with van der Waals surface area (Å²) in [6.07, 6.45) is 3.41. The molecule has 0 bridgehead atoms. The number of thiocarbonyl (C=S) groups is 1. The van der Waals surface area contributed by atoms with Gasteiger partial charge in [-0.05, 0) is 30.3 Å². The van der Waals surface area contributed by atoms with E-state index in [0.29, 0.717) is 19.9 Å². The lowest BCUT2D eigenvalue weighted by molar-refractivity contribution is -0.113. The first-order chi connectivity index (χ1) is 10.2. The number of anilines is 1. The van der Waals surface area contributed by atoms with E-state index in [0.717, 1.165) is 5.69 Å². The molecule has 2 heterocycles. The first-order valence-corrected chi connectivity index (χ1v) is 7.70. The second-order valence-electron chi connectivity index (χ2n) is 4.22. The van der Waals surface area contributed by atoms with Crippen LogP contribution in [0.5, 0.6) is 0 Å². The molecule has 1 saturated heterocycles. The molecular formula is C15H9ClN2OS2. The van der Waals surface area contributed by atoms with E-state index in [2.05, 4.69) is 4.98 Å². The number of aromatic nitrogens is 1. The monoisotopic (exact) mass is 332 g/mol. The third kappa shape index (κ3) is 2.85. The van der Waals surface area contributed by atoms with Crippen molar-refractivity contribution in [2.24, 2.45) is 0 Å². The van der Waals surface area contributed by atoms with Gasteiger partial charge in [0.1, 0.15) is 0 Å². The Morgan fingerprint density at radius 3 is 2.67 bits per heavy atom. The Labute approximate surface area is 136 Å². The number of amides is 1. The van der Waals surface area contributed by atoms with Crippen LogP contribution in [0.25, 0.3) is 6.08 Å². The average Bonchev–Trinajstić information content (AvgIpc) is 2.76. The van der Waals surface area contributed by atoms with Crippen molar-refractivity contribution in [1.82, 2.24) is 4.98 Å². The Morgan fingerprint density at radius 1 is 1.19 bits per heavy atom. The molecule has 2 aromatic rings. The van der Waals surface area contributed by atoms with Crippen LogP contribution in [0.4, 0.5) is 5.69 Å². The lowest BCUT2D eigenvalue weighted by Gasteiger charge is -2.15. The van der Waals surface area contributed by atoms with Gasteiger partial charge in [0.2, 0.25) is 0 Å². The van der Waals surface area contributed by atoms with Crippen LogP contribution in [-0.2, 0) is 4.79 Å². The predicted octanol–water partition coefficient (Wildman–Crippen LogP) is 4.14. The fourth-order valence-corrected chi connectivity index (χ4v) is 3.39. The van der Waals surface area contributed by atoms with Crippen LogP contribution < -0.4 is 4.90 Å². The van der Waals surface area contributed by atoms with E-state index in [1.165, 1.54) is 16.7 Å². The number of pyridine rings is 1. The molecule has 0 unspecified atom stereocenters. The minimum atomic E-state index is -0.177. The van der Waals surface area contributed by atoms with Gasteiger partial charge in [0.05, 0.1) is 21.3 Å². The van der Waals surface area contributed by atoms with Gasteiger partial charge in [-0.15, -0.1) is 0 Å². The molecule has 6 heteroatoms. The lowest BCUT2D eigenvalue weighted by atomic mass is 10.2. The third-order valence-electron chi connectivity index (χ3n) is 2.85. The van der Waals surface area contributed by atoms with E-state index in [4.69, 9.17) is 23.8 Å². The highest BCUT2D eigenvalue weighted by atomic mass is 35.5. The number of halogens is 1. The van der Waals surface area contributed by atoms with Gasteiger partial charge in [0, 0.05) is 6.20 Å². The van der Waals surface area contributed by atoms with Crippen LogP contribution in [0.1, 0.15) is 5.69 Å². The molecule has 3 rings (SSSR count). The van der Waals surface area contributed by atoms with Crippen molar-refractivity contribution in [2.45, 2.75) is 0 Å². The Bertz CT molecular complexity index is 746. The lowest BCUT2D eigenvalue weighted by Crippen LogP contribution is -2.27.